The molecule has 1 saturated carbocycles. The summed E-state index contributed by atoms with van der Waals surface area (Å²) in [5, 5.41) is 3.51. The molecule has 2 fully saturated rings. The zero-order chi connectivity index (χ0) is 18.9. The Balaban J connectivity index is 1.72. The maximum absolute atomic E-state index is 12.5. The lowest BCUT2D eigenvalue weighted by atomic mass is 9.69. The van der Waals surface area contributed by atoms with Gasteiger partial charge in [0.25, 0.3) is 0 Å². The molecule has 0 aromatic heterocycles. The van der Waals surface area contributed by atoms with Crippen LogP contribution in [-0.4, -0.2) is 36.1 Å². The lowest BCUT2D eigenvalue weighted by molar-refractivity contribution is -0.132. The van der Waals surface area contributed by atoms with Gasteiger partial charge in [0.05, 0.1) is 24.9 Å². The molecule has 0 radical (unpaired) electrons. The number of nitrogens with one attached hydrogen (secondary N) is 1. The van der Waals surface area contributed by atoms with Gasteiger partial charge < -0.3 is 9.64 Å². The van der Waals surface area contributed by atoms with Crippen LogP contribution < -0.4 is 5.32 Å². The molecule has 1 saturated heterocycles. The third kappa shape index (κ3) is 3.63. The molecular weight excluding hydrogens is 328 g/mol. The van der Waals surface area contributed by atoms with E-state index in [-0.39, 0.29) is 17.5 Å². The Morgan fingerprint density at radius 2 is 1.85 bits per heavy atom. The summed E-state index contributed by atoms with van der Waals surface area (Å²) < 4.78 is 4.74. The summed E-state index contributed by atoms with van der Waals surface area (Å²) >= 11 is 0. The Labute approximate surface area is 156 Å². The molecule has 1 aliphatic carbocycles. The monoisotopic (exact) mass is 358 g/mol. The predicted molar refractivity (Wildman–Crippen MR) is 100 cm³/mol. The van der Waals surface area contributed by atoms with E-state index in [1.165, 1.54) is 7.11 Å². The first kappa shape index (κ1) is 18.9. The summed E-state index contributed by atoms with van der Waals surface area (Å²) in [4.78, 5) is 26.1. The number of rotatable bonds is 3. The van der Waals surface area contributed by atoms with Crippen molar-refractivity contribution in [3.63, 3.8) is 0 Å². The molecule has 26 heavy (non-hydrogen) atoms. The fraction of sp³-hybridized carbons (Fsp3) is 0.619. The molecule has 1 N–H and O–H groups in total. The lowest BCUT2D eigenvalue weighted by Gasteiger charge is -2.46. The van der Waals surface area contributed by atoms with Crippen LogP contribution in [0.2, 0.25) is 0 Å². The van der Waals surface area contributed by atoms with Gasteiger partial charge in [0.2, 0.25) is 5.91 Å². The number of hydrogen-bond donors (Lipinski definition) is 1. The van der Waals surface area contributed by atoms with E-state index in [1.54, 1.807) is 12.1 Å². The number of nitrogens with zero attached hydrogens (tertiary/aromatic N) is 1. The first-order valence-electron chi connectivity index (χ1n) is 9.48. The van der Waals surface area contributed by atoms with Crippen LogP contribution in [0.25, 0.3) is 0 Å². The van der Waals surface area contributed by atoms with E-state index in [2.05, 4.69) is 26.1 Å². The summed E-state index contributed by atoms with van der Waals surface area (Å²) in [7, 11) is 1.38. The van der Waals surface area contributed by atoms with E-state index in [0.717, 1.165) is 31.2 Å². The van der Waals surface area contributed by atoms with Gasteiger partial charge in [-0.2, -0.15) is 0 Å². The molecule has 1 aromatic carbocycles. The average Bonchev–Trinajstić information content (AvgIpc) is 2.91. The number of carbonyl (C=O) groups excluding carboxylic acids is 2. The first-order valence-corrected chi connectivity index (χ1v) is 9.48. The van der Waals surface area contributed by atoms with Crippen LogP contribution >= 0.6 is 0 Å². The van der Waals surface area contributed by atoms with Gasteiger partial charge >= 0.3 is 5.97 Å². The molecule has 3 rings (SSSR count). The van der Waals surface area contributed by atoms with Gasteiger partial charge in [-0.15, -0.1) is 0 Å². The maximum atomic E-state index is 12.5. The van der Waals surface area contributed by atoms with Gasteiger partial charge in [0.15, 0.2) is 0 Å². The summed E-state index contributed by atoms with van der Waals surface area (Å²) in [5.74, 6) is 0.524. The molecule has 5 nitrogen and oxygen atoms in total. The third-order valence-corrected chi connectivity index (χ3v) is 6.14. The van der Waals surface area contributed by atoms with Crippen LogP contribution in [0, 0.1) is 11.3 Å². The molecule has 5 heteroatoms. The van der Waals surface area contributed by atoms with Gasteiger partial charge in [-0.05, 0) is 54.7 Å². The molecule has 1 aliphatic heterocycles. The van der Waals surface area contributed by atoms with Crippen LogP contribution in [0.4, 0.5) is 0 Å². The summed E-state index contributed by atoms with van der Waals surface area (Å²) in [6.07, 6.45) is 4.28. The molecule has 2 aliphatic rings. The number of methoxy groups -OCH3 is 1. The highest BCUT2D eigenvalue weighted by molar-refractivity contribution is 5.89. The summed E-state index contributed by atoms with van der Waals surface area (Å²) in [6.45, 7) is 7.92. The van der Waals surface area contributed by atoms with E-state index in [4.69, 9.17) is 4.74 Å². The van der Waals surface area contributed by atoms with Crippen molar-refractivity contribution in [2.24, 2.45) is 11.3 Å². The zero-order valence-corrected chi connectivity index (χ0v) is 16.3. The van der Waals surface area contributed by atoms with Gasteiger partial charge in [-0.25, -0.2) is 4.79 Å². The Kier molecular flexibility index (Phi) is 5.11. The van der Waals surface area contributed by atoms with Crippen molar-refractivity contribution in [1.29, 1.82) is 0 Å². The average molecular weight is 358 g/mol. The standard InChI is InChI=1S/C21H30N2O3/c1-20(2,3)17-9-11-21(12-10-17)22-13-18(24)23(21)14-15-5-7-16(8-6-15)19(25)26-4/h5-8,17,22H,9-14H2,1-4H3. The minimum absolute atomic E-state index is 0.163. The van der Waals surface area contributed by atoms with Gasteiger partial charge in [0, 0.05) is 6.54 Å². The highest BCUT2D eigenvalue weighted by atomic mass is 16.5. The van der Waals surface area contributed by atoms with Crippen LogP contribution in [0.15, 0.2) is 24.3 Å². The minimum atomic E-state index is -0.340. The molecule has 0 bridgehead atoms. The van der Waals surface area contributed by atoms with Crippen molar-refractivity contribution in [2.75, 3.05) is 13.7 Å². The summed E-state index contributed by atoms with van der Waals surface area (Å²) in [6, 6.07) is 7.34. The Morgan fingerprint density at radius 1 is 1.23 bits per heavy atom. The number of ether oxygens (including phenoxy) is 1. The Bertz CT molecular complexity index is 667. The normalized spacial score (nSPS) is 26.4. The quantitative estimate of drug-likeness (QED) is 0.842. The van der Waals surface area contributed by atoms with E-state index in [0.29, 0.717) is 30.0 Å². The number of hydrogen-bond acceptors (Lipinski definition) is 4. The highest BCUT2D eigenvalue weighted by Crippen LogP contribution is 2.44. The second-order valence-corrected chi connectivity index (χ2v) is 8.69. The van der Waals surface area contributed by atoms with E-state index in [9.17, 15) is 9.59 Å². The second-order valence-electron chi connectivity index (χ2n) is 8.69. The largest absolute Gasteiger partial charge is 0.465 e. The molecule has 1 amide bonds. The van der Waals surface area contributed by atoms with Crippen LogP contribution in [0.5, 0.6) is 0 Å². The third-order valence-electron chi connectivity index (χ3n) is 6.14. The van der Waals surface area contributed by atoms with E-state index in [1.807, 2.05) is 17.0 Å². The number of carbonyl (C=O) groups is 2. The topological polar surface area (TPSA) is 58.6 Å². The highest BCUT2D eigenvalue weighted by Gasteiger charge is 2.48. The summed E-state index contributed by atoms with van der Waals surface area (Å²) in [5.41, 5.74) is 1.67. The maximum Gasteiger partial charge on any atom is 0.337 e. The number of benzene rings is 1. The van der Waals surface area contributed by atoms with Gasteiger partial charge in [-0.1, -0.05) is 32.9 Å². The van der Waals surface area contributed by atoms with Crippen molar-refractivity contribution in [2.45, 2.75) is 58.7 Å². The van der Waals surface area contributed by atoms with Crippen molar-refractivity contribution < 1.29 is 14.3 Å². The fourth-order valence-electron chi connectivity index (χ4n) is 4.36. The van der Waals surface area contributed by atoms with Crippen molar-refractivity contribution in [1.82, 2.24) is 10.2 Å². The van der Waals surface area contributed by atoms with Gasteiger partial charge in [-0.3, -0.25) is 10.1 Å². The second kappa shape index (κ2) is 7.03. The van der Waals surface area contributed by atoms with Crippen molar-refractivity contribution in [3.8, 4) is 0 Å². The Hall–Kier alpha value is -1.88. The molecule has 1 aromatic rings. The SMILES string of the molecule is COC(=O)c1ccc(CN2C(=O)CNC23CCC(C(C)(C)C)CC3)cc1. The minimum Gasteiger partial charge on any atom is -0.465 e. The Morgan fingerprint density at radius 3 is 2.38 bits per heavy atom. The molecule has 0 unspecified atom stereocenters. The van der Waals surface area contributed by atoms with E-state index < -0.39 is 0 Å². The van der Waals surface area contributed by atoms with Crippen molar-refractivity contribution in [3.05, 3.63) is 35.4 Å². The first-order chi connectivity index (χ1) is 12.2. The van der Waals surface area contributed by atoms with Gasteiger partial charge in [0.1, 0.15) is 0 Å². The number of amides is 1. The van der Waals surface area contributed by atoms with Crippen LogP contribution in [-0.2, 0) is 16.1 Å². The molecule has 1 spiro atoms. The molecule has 142 valence electrons. The molecule has 0 atom stereocenters. The number of esters is 1. The molecular formula is C21H30N2O3. The lowest BCUT2D eigenvalue weighted by Crippen LogP contribution is -2.54. The molecule has 1 heterocycles. The fourth-order valence-corrected chi connectivity index (χ4v) is 4.36. The van der Waals surface area contributed by atoms with E-state index >= 15 is 0 Å². The zero-order valence-electron chi connectivity index (χ0n) is 16.3. The predicted octanol–water partition coefficient (Wildman–Crippen LogP) is 3.34. The van der Waals surface area contributed by atoms with Crippen LogP contribution in [0.3, 0.4) is 0 Å². The van der Waals surface area contributed by atoms with Crippen molar-refractivity contribution >= 4 is 11.9 Å². The van der Waals surface area contributed by atoms with Crippen LogP contribution in [0.1, 0.15) is 62.4 Å². The smallest absolute Gasteiger partial charge is 0.337 e.